The summed E-state index contributed by atoms with van der Waals surface area (Å²) in [7, 11) is 1.83. The summed E-state index contributed by atoms with van der Waals surface area (Å²) >= 11 is 0. The van der Waals surface area contributed by atoms with Gasteiger partial charge in [-0.2, -0.15) is 0 Å². The van der Waals surface area contributed by atoms with Crippen LogP contribution in [0.15, 0.2) is 10.6 Å². The fourth-order valence-electron chi connectivity index (χ4n) is 2.20. The van der Waals surface area contributed by atoms with Crippen LogP contribution in [-0.2, 0) is 0 Å². The average molecular weight is 237 g/mol. The minimum absolute atomic E-state index is 0.0552. The number of carbonyl (C=O) groups is 1. The van der Waals surface area contributed by atoms with Crippen molar-refractivity contribution in [3.8, 4) is 0 Å². The standard InChI is InChI=1S/C12H19N3O2/c1-9-7-11(14-17-9)12(16)15(2)8-10-3-5-13-6-4-10/h7,10,13H,3-6,8H2,1-2H3. The normalized spacial score (nSPS) is 17.1. The third kappa shape index (κ3) is 3.06. The molecule has 1 aliphatic heterocycles. The molecule has 1 aliphatic rings. The van der Waals surface area contributed by atoms with E-state index in [1.165, 1.54) is 0 Å². The predicted molar refractivity (Wildman–Crippen MR) is 63.8 cm³/mol. The average Bonchev–Trinajstić information content (AvgIpc) is 2.76. The highest BCUT2D eigenvalue weighted by Gasteiger charge is 2.20. The van der Waals surface area contributed by atoms with Gasteiger partial charge in [-0.1, -0.05) is 5.16 Å². The van der Waals surface area contributed by atoms with E-state index < -0.39 is 0 Å². The Hall–Kier alpha value is -1.36. The predicted octanol–water partition coefficient (Wildman–Crippen LogP) is 1.05. The zero-order valence-electron chi connectivity index (χ0n) is 10.4. The number of hydrogen-bond acceptors (Lipinski definition) is 4. The maximum Gasteiger partial charge on any atom is 0.275 e. The van der Waals surface area contributed by atoms with Gasteiger partial charge in [0.15, 0.2) is 5.69 Å². The molecule has 5 heteroatoms. The minimum atomic E-state index is -0.0552. The molecule has 0 radical (unpaired) electrons. The lowest BCUT2D eigenvalue weighted by atomic mass is 9.97. The van der Waals surface area contributed by atoms with E-state index >= 15 is 0 Å². The second kappa shape index (κ2) is 5.31. The third-order valence-corrected chi connectivity index (χ3v) is 3.18. The maximum atomic E-state index is 12.0. The number of aryl methyl sites for hydroxylation is 1. The van der Waals surface area contributed by atoms with Crippen LogP contribution in [0, 0.1) is 12.8 Å². The van der Waals surface area contributed by atoms with Crippen molar-refractivity contribution in [1.29, 1.82) is 0 Å². The van der Waals surface area contributed by atoms with E-state index in [2.05, 4.69) is 10.5 Å². The molecule has 0 saturated carbocycles. The van der Waals surface area contributed by atoms with Crippen LogP contribution in [-0.4, -0.2) is 42.6 Å². The fraction of sp³-hybridized carbons (Fsp3) is 0.667. The van der Waals surface area contributed by atoms with Crippen LogP contribution in [0.4, 0.5) is 0 Å². The smallest absolute Gasteiger partial charge is 0.275 e. The number of amides is 1. The van der Waals surface area contributed by atoms with Gasteiger partial charge in [-0.25, -0.2) is 0 Å². The van der Waals surface area contributed by atoms with Gasteiger partial charge in [-0.05, 0) is 38.8 Å². The van der Waals surface area contributed by atoms with Crippen molar-refractivity contribution in [1.82, 2.24) is 15.4 Å². The third-order valence-electron chi connectivity index (χ3n) is 3.18. The molecule has 1 aromatic rings. The summed E-state index contributed by atoms with van der Waals surface area (Å²) in [5, 5.41) is 7.07. The largest absolute Gasteiger partial charge is 0.361 e. The van der Waals surface area contributed by atoms with Gasteiger partial charge in [0.05, 0.1) is 0 Å². The lowest BCUT2D eigenvalue weighted by molar-refractivity contribution is 0.0752. The Kier molecular flexibility index (Phi) is 3.78. The van der Waals surface area contributed by atoms with Crippen LogP contribution >= 0.6 is 0 Å². The number of piperidine rings is 1. The number of nitrogens with zero attached hydrogens (tertiary/aromatic N) is 2. The quantitative estimate of drug-likeness (QED) is 0.854. The molecule has 0 aliphatic carbocycles. The van der Waals surface area contributed by atoms with Crippen LogP contribution in [0.2, 0.25) is 0 Å². The number of hydrogen-bond donors (Lipinski definition) is 1. The van der Waals surface area contributed by atoms with Gasteiger partial charge >= 0.3 is 0 Å². The Morgan fingerprint density at radius 1 is 1.59 bits per heavy atom. The first-order valence-electron chi connectivity index (χ1n) is 6.06. The lowest BCUT2D eigenvalue weighted by Crippen LogP contribution is -2.37. The van der Waals surface area contributed by atoms with Gasteiger partial charge in [-0.3, -0.25) is 4.79 Å². The number of carbonyl (C=O) groups excluding carboxylic acids is 1. The Morgan fingerprint density at radius 3 is 2.88 bits per heavy atom. The van der Waals surface area contributed by atoms with Crippen molar-refractivity contribution in [2.75, 3.05) is 26.7 Å². The Balaban J connectivity index is 1.90. The molecule has 1 saturated heterocycles. The fourth-order valence-corrected chi connectivity index (χ4v) is 2.20. The molecule has 1 fully saturated rings. The summed E-state index contributed by atoms with van der Waals surface area (Å²) in [5.74, 6) is 1.21. The number of aromatic nitrogens is 1. The van der Waals surface area contributed by atoms with Crippen molar-refractivity contribution < 1.29 is 9.32 Å². The van der Waals surface area contributed by atoms with E-state index in [0.29, 0.717) is 17.4 Å². The number of nitrogens with one attached hydrogen (secondary N) is 1. The monoisotopic (exact) mass is 237 g/mol. The molecule has 0 spiro atoms. The zero-order valence-corrected chi connectivity index (χ0v) is 10.4. The highest BCUT2D eigenvalue weighted by Crippen LogP contribution is 2.14. The second-order valence-corrected chi connectivity index (χ2v) is 4.70. The van der Waals surface area contributed by atoms with Crippen LogP contribution in [0.25, 0.3) is 0 Å². The summed E-state index contributed by atoms with van der Waals surface area (Å²) in [6.07, 6.45) is 2.27. The SMILES string of the molecule is Cc1cc(C(=O)N(C)CC2CCNCC2)no1. The molecular weight excluding hydrogens is 218 g/mol. The van der Waals surface area contributed by atoms with E-state index in [1.54, 1.807) is 17.9 Å². The summed E-state index contributed by atoms with van der Waals surface area (Å²) in [6.45, 7) is 4.69. The summed E-state index contributed by atoms with van der Waals surface area (Å²) in [6, 6.07) is 1.68. The minimum Gasteiger partial charge on any atom is -0.361 e. The Bertz CT molecular complexity index is 383. The summed E-state index contributed by atoms with van der Waals surface area (Å²) in [4.78, 5) is 13.8. The second-order valence-electron chi connectivity index (χ2n) is 4.70. The highest BCUT2D eigenvalue weighted by molar-refractivity contribution is 5.92. The van der Waals surface area contributed by atoms with E-state index in [0.717, 1.165) is 32.5 Å². The summed E-state index contributed by atoms with van der Waals surface area (Å²) in [5.41, 5.74) is 0.402. The Labute approximate surface area is 101 Å². The molecule has 17 heavy (non-hydrogen) atoms. The summed E-state index contributed by atoms with van der Waals surface area (Å²) < 4.78 is 4.92. The first-order valence-corrected chi connectivity index (χ1v) is 6.06. The van der Waals surface area contributed by atoms with E-state index in [4.69, 9.17) is 4.52 Å². The van der Waals surface area contributed by atoms with Gasteiger partial charge in [-0.15, -0.1) is 0 Å². The topological polar surface area (TPSA) is 58.4 Å². The van der Waals surface area contributed by atoms with Crippen molar-refractivity contribution in [3.63, 3.8) is 0 Å². The molecule has 2 heterocycles. The molecule has 1 amide bonds. The molecule has 2 rings (SSSR count). The molecular formula is C12H19N3O2. The molecule has 0 unspecified atom stereocenters. The van der Waals surface area contributed by atoms with E-state index in [9.17, 15) is 4.79 Å². The molecule has 0 bridgehead atoms. The van der Waals surface area contributed by atoms with Gasteiger partial charge in [0.1, 0.15) is 5.76 Å². The molecule has 5 nitrogen and oxygen atoms in total. The van der Waals surface area contributed by atoms with Gasteiger partial charge in [0, 0.05) is 19.7 Å². The maximum absolute atomic E-state index is 12.0. The number of rotatable bonds is 3. The van der Waals surface area contributed by atoms with Gasteiger partial charge in [0.2, 0.25) is 0 Å². The van der Waals surface area contributed by atoms with Crippen molar-refractivity contribution in [2.24, 2.45) is 5.92 Å². The van der Waals surface area contributed by atoms with E-state index in [1.807, 2.05) is 7.05 Å². The first-order chi connectivity index (χ1) is 8.16. The van der Waals surface area contributed by atoms with Gasteiger partial charge < -0.3 is 14.7 Å². The van der Waals surface area contributed by atoms with Crippen LogP contribution in [0.3, 0.4) is 0 Å². The Morgan fingerprint density at radius 2 is 2.29 bits per heavy atom. The zero-order chi connectivity index (χ0) is 12.3. The van der Waals surface area contributed by atoms with Crippen LogP contribution in [0.1, 0.15) is 29.1 Å². The molecule has 94 valence electrons. The highest BCUT2D eigenvalue weighted by atomic mass is 16.5. The van der Waals surface area contributed by atoms with Crippen LogP contribution in [0.5, 0.6) is 0 Å². The molecule has 0 aromatic carbocycles. The van der Waals surface area contributed by atoms with E-state index in [-0.39, 0.29) is 5.91 Å². The van der Waals surface area contributed by atoms with Crippen molar-refractivity contribution >= 4 is 5.91 Å². The van der Waals surface area contributed by atoms with Crippen molar-refractivity contribution in [2.45, 2.75) is 19.8 Å². The first kappa shape index (κ1) is 12.1. The van der Waals surface area contributed by atoms with Crippen LogP contribution < -0.4 is 5.32 Å². The molecule has 1 N–H and O–H groups in total. The van der Waals surface area contributed by atoms with Crippen molar-refractivity contribution in [3.05, 3.63) is 17.5 Å². The van der Waals surface area contributed by atoms with Gasteiger partial charge in [0.25, 0.3) is 5.91 Å². The molecule has 1 aromatic heterocycles. The lowest BCUT2D eigenvalue weighted by Gasteiger charge is -2.27. The molecule has 0 atom stereocenters.